The fraction of sp³-hybridized carbons (Fsp3) is 0.200. The second-order valence-corrected chi connectivity index (χ2v) is 10.3. The van der Waals surface area contributed by atoms with Gasteiger partial charge in [-0.05, 0) is 30.8 Å². The van der Waals surface area contributed by atoms with Gasteiger partial charge in [0.1, 0.15) is 11.2 Å². The molecule has 11 nitrogen and oxygen atoms in total. The standard InChI is InChI=1S/C30H28N10O/c1-39-9-11-40(12-10-39)25-7-8-32-29-28(25)35-30(36-29)27-22-15-23(33-18-24(22)37-38-27)20-14-21(17-31-16-20)34-26(41)13-19-5-3-2-4-6-19/h2-8,14-18H,9-13H2,1H3,(H,34,41)(H,37,38)(H,32,35,36). The number of aromatic amines is 2. The molecule has 6 heterocycles. The molecule has 7 rings (SSSR count). The normalized spacial score (nSPS) is 14.1. The number of fused-ring (bicyclic) bond motifs is 2. The molecule has 0 unspecified atom stereocenters. The largest absolute Gasteiger partial charge is 0.367 e. The lowest BCUT2D eigenvalue weighted by Crippen LogP contribution is -2.44. The summed E-state index contributed by atoms with van der Waals surface area (Å²) >= 11 is 0. The molecule has 1 fully saturated rings. The van der Waals surface area contributed by atoms with E-state index in [0.29, 0.717) is 28.5 Å². The SMILES string of the molecule is CN1CCN(c2ccnc3nc(-c4n[nH]c5cnc(-c6cncc(NC(=O)Cc7ccccc7)c6)cc45)[nH]c23)CC1. The number of carbonyl (C=O) groups excluding carboxylic acids is 1. The first-order chi connectivity index (χ1) is 20.1. The van der Waals surface area contributed by atoms with Gasteiger partial charge in [0.25, 0.3) is 0 Å². The number of anilines is 2. The van der Waals surface area contributed by atoms with Crippen molar-refractivity contribution in [2.24, 2.45) is 0 Å². The van der Waals surface area contributed by atoms with Crippen LogP contribution in [0, 0.1) is 0 Å². The van der Waals surface area contributed by atoms with E-state index in [-0.39, 0.29) is 12.3 Å². The monoisotopic (exact) mass is 544 g/mol. The molecule has 1 aliphatic rings. The Bertz CT molecular complexity index is 1850. The Balaban J connectivity index is 1.18. The molecule has 1 saturated heterocycles. The second-order valence-electron chi connectivity index (χ2n) is 10.3. The van der Waals surface area contributed by atoms with Gasteiger partial charge in [0, 0.05) is 49.5 Å². The zero-order valence-corrected chi connectivity index (χ0v) is 22.5. The Hall–Kier alpha value is -5.16. The number of nitrogens with zero attached hydrogens (tertiary/aromatic N) is 7. The van der Waals surface area contributed by atoms with Gasteiger partial charge in [0.15, 0.2) is 11.5 Å². The van der Waals surface area contributed by atoms with Gasteiger partial charge in [-0.2, -0.15) is 5.10 Å². The van der Waals surface area contributed by atoms with E-state index in [4.69, 9.17) is 4.98 Å². The summed E-state index contributed by atoms with van der Waals surface area (Å²) < 4.78 is 0. The van der Waals surface area contributed by atoms with E-state index in [2.05, 4.69) is 52.3 Å². The molecule has 41 heavy (non-hydrogen) atoms. The molecule has 1 amide bonds. The van der Waals surface area contributed by atoms with Crippen LogP contribution in [-0.4, -0.2) is 79.2 Å². The Labute approximate surface area is 235 Å². The highest BCUT2D eigenvalue weighted by Gasteiger charge is 2.20. The fourth-order valence-corrected chi connectivity index (χ4v) is 5.21. The zero-order valence-electron chi connectivity index (χ0n) is 22.5. The van der Waals surface area contributed by atoms with Crippen LogP contribution in [0.15, 0.2) is 73.3 Å². The van der Waals surface area contributed by atoms with Gasteiger partial charge in [0.2, 0.25) is 5.91 Å². The predicted molar refractivity (Wildman–Crippen MR) is 158 cm³/mol. The van der Waals surface area contributed by atoms with Crippen LogP contribution in [-0.2, 0) is 11.2 Å². The number of pyridine rings is 3. The number of carbonyl (C=O) groups is 1. The highest BCUT2D eigenvalue weighted by Crippen LogP contribution is 2.31. The average Bonchev–Trinajstić information content (AvgIpc) is 3.62. The Morgan fingerprint density at radius 3 is 2.71 bits per heavy atom. The molecule has 1 aliphatic heterocycles. The van der Waals surface area contributed by atoms with Crippen molar-refractivity contribution in [2.75, 3.05) is 43.4 Å². The molecule has 0 atom stereocenters. The van der Waals surface area contributed by atoms with E-state index >= 15 is 0 Å². The smallest absolute Gasteiger partial charge is 0.228 e. The minimum absolute atomic E-state index is 0.106. The van der Waals surface area contributed by atoms with Gasteiger partial charge < -0.3 is 20.1 Å². The number of aromatic nitrogens is 7. The maximum absolute atomic E-state index is 12.6. The molecule has 5 aromatic heterocycles. The van der Waals surface area contributed by atoms with Crippen molar-refractivity contribution in [1.82, 2.24) is 40.0 Å². The maximum atomic E-state index is 12.6. The minimum Gasteiger partial charge on any atom is -0.367 e. The molecule has 0 bridgehead atoms. The summed E-state index contributed by atoms with van der Waals surface area (Å²) in [7, 11) is 2.15. The fourth-order valence-electron chi connectivity index (χ4n) is 5.21. The van der Waals surface area contributed by atoms with Crippen LogP contribution in [0.2, 0.25) is 0 Å². The lowest BCUT2D eigenvalue weighted by Gasteiger charge is -2.34. The van der Waals surface area contributed by atoms with Crippen molar-refractivity contribution in [2.45, 2.75) is 6.42 Å². The van der Waals surface area contributed by atoms with Crippen molar-refractivity contribution in [1.29, 1.82) is 0 Å². The van der Waals surface area contributed by atoms with E-state index in [9.17, 15) is 4.79 Å². The van der Waals surface area contributed by atoms with Crippen LogP contribution < -0.4 is 10.2 Å². The maximum Gasteiger partial charge on any atom is 0.228 e. The summed E-state index contributed by atoms with van der Waals surface area (Å²) in [6.07, 6.45) is 7.21. The van der Waals surface area contributed by atoms with Crippen LogP contribution in [0.5, 0.6) is 0 Å². The second kappa shape index (κ2) is 10.4. The molecule has 11 heteroatoms. The van der Waals surface area contributed by atoms with Crippen molar-refractivity contribution in [3.8, 4) is 22.8 Å². The number of likely N-dealkylation sites (N-methyl/N-ethyl adjacent to an activating group) is 1. The number of imidazole rings is 1. The lowest BCUT2D eigenvalue weighted by molar-refractivity contribution is -0.115. The molecule has 0 spiro atoms. The Morgan fingerprint density at radius 2 is 1.85 bits per heavy atom. The molecule has 0 saturated carbocycles. The van der Waals surface area contributed by atoms with E-state index in [1.165, 1.54) is 0 Å². The van der Waals surface area contributed by atoms with Gasteiger partial charge in [0.05, 0.1) is 41.4 Å². The van der Waals surface area contributed by atoms with Crippen LogP contribution in [0.25, 0.3) is 44.8 Å². The van der Waals surface area contributed by atoms with E-state index in [0.717, 1.165) is 59.4 Å². The molecule has 6 aromatic rings. The van der Waals surface area contributed by atoms with Gasteiger partial charge in [-0.15, -0.1) is 0 Å². The highest BCUT2D eigenvalue weighted by atomic mass is 16.1. The van der Waals surface area contributed by atoms with E-state index in [1.807, 2.05) is 54.7 Å². The summed E-state index contributed by atoms with van der Waals surface area (Å²) in [6, 6.07) is 15.5. The first kappa shape index (κ1) is 24.9. The number of amides is 1. The molecule has 3 N–H and O–H groups in total. The van der Waals surface area contributed by atoms with Gasteiger partial charge >= 0.3 is 0 Å². The van der Waals surface area contributed by atoms with E-state index in [1.54, 1.807) is 18.6 Å². The van der Waals surface area contributed by atoms with Crippen molar-refractivity contribution in [3.63, 3.8) is 0 Å². The van der Waals surface area contributed by atoms with Gasteiger partial charge in [-0.3, -0.25) is 19.9 Å². The van der Waals surface area contributed by atoms with Crippen molar-refractivity contribution >= 4 is 39.3 Å². The van der Waals surface area contributed by atoms with Gasteiger partial charge in [-0.25, -0.2) is 9.97 Å². The zero-order chi connectivity index (χ0) is 27.8. The number of hydrogen-bond donors (Lipinski definition) is 3. The third kappa shape index (κ3) is 4.98. The van der Waals surface area contributed by atoms with E-state index < -0.39 is 0 Å². The summed E-state index contributed by atoms with van der Waals surface area (Å²) in [4.78, 5) is 39.1. The summed E-state index contributed by atoms with van der Waals surface area (Å²) in [5, 5.41) is 11.4. The highest BCUT2D eigenvalue weighted by molar-refractivity contribution is 5.96. The third-order valence-electron chi connectivity index (χ3n) is 7.41. The number of H-pyrrole nitrogens is 2. The summed E-state index contributed by atoms with van der Waals surface area (Å²) in [6.45, 7) is 3.92. The Morgan fingerprint density at radius 1 is 1.00 bits per heavy atom. The Kier molecular flexibility index (Phi) is 6.32. The van der Waals surface area contributed by atoms with Crippen molar-refractivity contribution < 1.29 is 4.79 Å². The molecule has 204 valence electrons. The summed E-state index contributed by atoms with van der Waals surface area (Å²) in [5.41, 5.74) is 7.18. The molecular formula is C30H28N10O. The number of piperazine rings is 1. The van der Waals surface area contributed by atoms with Crippen molar-refractivity contribution in [3.05, 3.63) is 78.9 Å². The minimum atomic E-state index is -0.106. The van der Waals surface area contributed by atoms with Crippen LogP contribution >= 0.6 is 0 Å². The lowest BCUT2D eigenvalue weighted by atomic mass is 10.1. The summed E-state index contributed by atoms with van der Waals surface area (Å²) in [5.74, 6) is 0.530. The van der Waals surface area contributed by atoms with Crippen LogP contribution in [0.4, 0.5) is 11.4 Å². The first-order valence-corrected chi connectivity index (χ1v) is 13.5. The van der Waals surface area contributed by atoms with Gasteiger partial charge in [-0.1, -0.05) is 30.3 Å². The first-order valence-electron chi connectivity index (χ1n) is 13.5. The number of benzene rings is 1. The molecule has 0 radical (unpaired) electrons. The van der Waals surface area contributed by atoms with Crippen LogP contribution in [0.3, 0.4) is 0 Å². The number of rotatable bonds is 6. The van der Waals surface area contributed by atoms with Crippen LogP contribution in [0.1, 0.15) is 5.56 Å². The third-order valence-corrected chi connectivity index (χ3v) is 7.41. The molecule has 1 aromatic carbocycles. The topological polar surface area (TPSA) is 132 Å². The predicted octanol–water partition coefficient (Wildman–Crippen LogP) is 3.89. The quantitative estimate of drug-likeness (QED) is 0.288. The number of hydrogen-bond acceptors (Lipinski definition) is 8. The molecular weight excluding hydrogens is 516 g/mol. The number of nitrogens with one attached hydrogen (secondary N) is 3. The molecule has 0 aliphatic carbocycles. The average molecular weight is 545 g/mol.